The molecule has 3 heteroatoms. The molecule has 0 saturated carbocycles. The number of esters is 1. The van der Waals surface area contributed by atoms with Gasteiger partial charge in [0.2, 0.25) is 0 Å². The monoisotopic (exact) mass is 258 g/mol. The van der Waals surface area contributed by atoms with Crippen molar-refractivity contribution in [3.05, 3.63) is 0 Å². The molecule has 1 rings (SSSR count). The second-order valence-electron chi connectivity index (χ2n) is 6.55. The highest BCUT2D eigenvalue weighted by atomic mass is 32.2. The fourth-order valence-corrected chi connectivity index (χ4v) is 3.76. The van der Waals surface area contributed by atoms with Crippen molar-refractivity contribution < 1.29 is 9.53 Å². The normalized spacial score (nSPS) is 31.4. The Morgan fingerprint density at radius 2 is 2.06 bits per heavy atom. The zero-order chi connectivity index (χ0) is 13.3. The fraction of sp³-hybridized carbons (Fsp3) is 0.929. The van der Waals surface area contributed by atoms with E-state index < -0.39 is 0 Å². The first kappa shape index (κ1) is 14.9. The van der Waals surface area contributed by atoms with Crippen LogP contribution < -0.4 is 0 Å². The van der Waals surface area contributed by atoms with E-state index in [1.165, 1.54) is 12.8 Å². The van der Waals surface area contributed by atoms with Crippen LogP contribution in [0.4, 0.5) is 0 Å². The molecule has 1 aliphatic heterocycles. The highest BCUT2D eigenvalue weighted by Gasteiger charge is 2.50. The van der Waals surface area contributed by atoms with Gasteiger partial charge in [0.05, 0.1) is 0 Å². The highest BCUT2D eigenvalue weighted by molar-refractivity contribution is 8.02. The number of carbonyl (C=O) groups is 1. The van der Waals surface area contributed by atoms with Gasteiger partial charge in [-0.15, -0.1) is 0 Å². The summed E-state index contributed by atoms with van der Waals surface area (Å²) >= 11 is 1.71. The molecular formula is C14H26O2S. The lowest BCUT2D eigenvalue weighted by molar-refractivity contribution is -0.148. The van der Waals surface area contributed by atoms with Crippen LogP contribution in [0.2, 0.25) is 0 Å². The Labute approximate surface area is 110 Å². The van der Waals surface area contributed by atoms with Gasteiger partial charge in [-0.3, -0.25) is 4.79 Å². The molecule has 1 aliphatic rings. The smallest absolute Gasteiger partial charge is 0.323 e. The van der Waals surface area contributed by atoms with E-state index in [2.05, 4.69) is 34.6 Å². The molecule has 17 heavy (non-hydrogen) atoms. The number of rotatable bonds is 4. The molecule has 0 aromatic rings. The molecule has 0 radical (unpaired) electrons. The zero-order valence-corrected chi connectivity index (χ0v) is 12.8. The van der Waals surface area contributed by atoms with Gasteiger partial charge in [-0.05, 0) is 19.3 Å². The summed E-state index contributed by atoms with van der Waals surface area (Å²) < 4.78 is 5.20. The van der Waals surface area contributed by atoms with Crippen molar-refractivity contribution in [1.29, 1.82) is 0 Å². The van der Waals surface area contributed by atoms with Crippen molar-refractivity contribution in [2.45, 2.75) is 71.0 Å². The first-order chi connectivity index (χ1) is 7.69. The Balaban J connectivity index is 2.68. The standard InChI is InChI=1S/C14H26O2S/c1-7-8-10(2)9-14(6)11(15)16-12(17-14)13(3,4)5/h10,12H,7-9H2,1-6H3/t10?,12-,14-/m1/s1. The summed E-state index contributed by atoms with van der Waals surface area (Å²) in [4.78, 5) is 12.0. The second kappa shape index (κ2) is 5.21. The van der Waals surface area contributed by atoms with Crippen LogP contribution in [0.25, 0.3) is 0 Å². The van der Waals surface area contributed by atoms with Gasteiger partial charge in [0, 0.05) is 5.41 Å². The topological polar surface area (TPSA) is 26.3 Å². The van der Waals surface area contributed by atoms with Gasteiger partial charge < -0.3 is 4.74 Å². The van der Waals surface area contributed by atoms with Crippen molar-refractivity contribution in [1.82, 2.24) is 0 Å². The van der Waals surface area contributed by atoms with Gasteiger partial charge >= 0.3 is 5.97 Å². The summed E-state index contributed by atoms with van der Waals surface area (Å²) in [6, 6.07) is 0. The van der Waals surface area contributed by atoms with E-state index >= 15 is 0 Å². The van der Waals surface area contributed by atoms with E-state index in [1.807, 2.05) is 6.92 Å². The van der Waals surface area contributed by atoms with Crippen LogP contribution in [0.15, 0.2) is 0 Å². The molecule has 1 fully saturated rings. The lowest BCUT2D eigenvalue weighted by Gasteiger charge is -2.26. The molecule has 2 nitrogen and oxygen atoms in total. The lowest BCUT2D eigenvalue weighted by Crippen LogP contribution is -2.29. The molecule has 0 aromatic carbocycles. The van der Waals surface area contributed by atoms with Crippen LogP contribution in [0.1, 0.15) is 60.8 Å². The second-order valence-corrected chi connectivity index (χ2v) is 8.11. The maximum Gasteiger partial charge on any atom is 0.323 e. The first-order valence-electron chi connectivity index (χ1n) is 6.58. The number of hydrogen-bond acceptors (Lipinski definition) is 3. The van der Waals surface area contributed by atoms with Crippen molar-refractivity contribution in [2.24, 2.45) is 11.3 Å². The fourth-order valence-electron chi connectivity index (χ4n) is 2.28. The third kappa shape index (κ3) is 3.64. The molecule has 1 heterocycles. The summed E-state index contributed by atoms with van der Waals surface area (Å²) in [5.41, 5.74) is 0.0142. The predicted molar refractivity (Wildman–Crippen MR) is 74.0 cm³/mol. The van der Waals surface area contributed by atoms with E-state index in [1.54, 1.807) is 11.8 Å². The van der Waals surface area contributed by atoms with Crippen LogP contribution >= 0.6 is 11.8 Å². The van der Waals surface area contributed by atoms with Crippen LogP contribution in [-0.4, -0.2) is 16.2 Å². The molecular weight excluding hydrogens is 232 g/mol. The lowest BCUT2D eigenvalue weighted by atomic mass is 9.93. The minimum atomic E-state index is -0.341. The van der Waals surface area contributed by atoms with E-state index in [-0.39, 0.29) is 21.6 Å². The molecule has 0 spiro atoms. The van der Waals surface area contributed by atoms with Crippen LogP contribution in [0, 0.1) is 11.3 Å². The molecule has 3 atom stereocenters. The summed E-state index contributed by atoms with van der Waals surface area (Å²) in [6.07, 6.45) is 3.29. The Morgan fingerprint density at radius 3 is 2.47 bits per heavy atom. The summed E-state index contributed by atoms with van der Waals surface area (Å²) in [7, 11) is 0. The summed E-state index contributed by atoms with van der Waals surface area (Å²) in [5, 5.41) is 0. The molecule has 1 unspecified atom stereocenters. The molecule has 0 amide bonds. The number of cyclic esters (lactones) is 1. The van der Waals surface area contributed by atoms with E-state index in [9.17, 15) is 4.79 Å². The quantitative estimate of drug-likeness (QED) is 0.706. The van der Waals surface area contributed by atoms with Crippen molar-refractivity contribution in [3.63, 3.8) is 0 Å². The van der Waals surface area contributed by atoms with Crippen molar-refractivity contribution >= 4 is 17.7 Å². The zero-order valence-electron chi connectivity index (χ0n) is 12.0. The Kier molecular flexibility index (Phi) is 4.56. The third-order valence-corrected chi connectivity index (χ3v) is 5.11. The van der Waals surface area contributed by atoms with E-state index in [0.29, 0.717) is 5.92 Å². The maximum atomic E-state index is 12.0. The molecule has 0 aromatic heterocycles. The van der Waals surface area contributed by atoms with Crippen LogP contribution in [0.5, 0.6) is 0 Å². The average Bonchev–Trinajstić information content (AvgIpc) is 2.42. The van der Waals surface area contributed by atoms with Crippen LogP contribution in [0.3, 0.4) is 0 Å². The van der Waals surface area contributed by atoms with Crippen LogP contribution in [-0.2, 0) is 9.53 Å². The summed E-state index contributed by atoms with van der Waals surface area (Å²) in [6.45, 7) is 12.8. The number of hydrogen-bond donors (Lipinski definition) is 0. The number of ether oxygens (including phenoxy) is 1. The minimum absolute atomic E-state index is 0.00572. The minimum Gasteiger partial charge on any atom is -0.450 e. The van der Waals surface area contributed by atoms with E-state index in [4.69, 9.17) is 4.74 Å². The van der Waals surface area contributed by atoms with Gasteiger partial charge in [-0.2, -0.15) is 0 Å². The SMILES string of the molecule is CCCC(C)C[C@@]1(C)S[C@H](C(C)(C)C)OC1=O. The number of carbonyl (C=O) groups excluding carboxylic acids is 1. The Morgan fingerprint density at radius 1 is 1.47 bits per heavy atom. The highest BCUT2D eigenvalue weighted by Crippen LogP contribution is 2.48. The van der Waals surface area contributed by atoms with Crippen molar-refractivity contribution in [2.75, 3.05) is 0 Å². The first-order valence-corrected chi connectivity index (χ1v) is 7.46. The van der Waals surface area contributed by atoms with E-state index in [0.717, 1.165) is 6.42 Å². The number of thioether (sulfide) groups is 1. The largest absolute Gasteiger partial charge is 0.450 e. The molecule has 0 N–H and O–H groups in total. The molecule has 0 aliphatic carbocycles. The third-order valence-electron chi connectivity index (χ3n) is 3.24. The van der Waals surface area contributed by atoms with Gasteiger partial charge in [0.1, 0.15) is 4.75 Å². The van der Waals surface area contributed by atoms with Gasteiger partial charge in [0.15, 0.2) is 5.44 Å². The summed E-state index contributed by atoms with van der Waals surface area (Å²) in [5.74, 6) is 0.564. The molecule has 0 bridgehead atoms. The Bertz CT molecular complexity index is 282. The van der Waals surface area contributed by atoms with Gasteiger partial charge in [-0.1, -0.05) is 59.2 Å². The average molecular weight is 258 g/mol. The molecule has 1 saturated heterocycles. The van der Waals surface area contributed by atoms with Gasteiger partial charge in [0.25, 0.3) is 0 Å². The Hall–Kier alpha value is -0.180. The van der Waals surface area contributed by atoms with Gasteiger partial charge in [-0.25, -0.2) is 0 Å². The molecule has 100 valence electrons. The predicted octanol–water partition coefficient (Wildman–Crippen LogP) is 4.23. The van der Waals surface area contributed by atoms with Crippen molar-refractivity contribution in [3.8, 4) is 0 Å². The maximum absolute atomic E-state index is 12.0.